The molecule has 0 spiro atoms. The number of hydrogen-bond donors (Lipinski definition) is 0. The predicted octanol–water partition coefficient (Wildman–Crippen LogP) is 1.72. The van der Waals surface area contributed by atoms with Crippen LogP contribution in [0.5, 0.6) is 0 Å². The predicted molar refractivity (Wildman–Crippen MR) is 64.4 cm³/mol. The zero-order chi connectivity index (χ0) is 11.5. The number of halogens is 1. The number of alkyl halides is 1. The van der Waals surface area contributed by atoms with E-state index >= 15 is 0 Å². The molecule has 0 saturated heterocycles. The van der Waals surface area contributed by atoms with Gasteiger partial charge < -0.3 is 4.90 Å². The third kappa shape index (κ3) is 2.58. The Bertz CT molecular complexity index is 365. The summed E-state index contributed by atoms with van der Waals surface area (Å²) in [6.07, 6.45) is 5.37. The molecule has 86 valence electrons. The molecule has 0 aliphatic heterocycles. The fourth-order valence-electron chi connectivity index (χ4n) is 1.91. The van der Waals surface area contributed by atoms with Crippen LogP contribution in [0.1, 0.15) is 23.2 Å². The van der Waals surface area contributed by atoms with Crippen LogP contribution in [-0.4, -0.2) is 39.4 Å². The molecular formula is C11H14BrN3O. The molecule has 1 amide bonds. The highest BCUT2D eigenvalue weighted by molar-refractivity contribution is 9.09. The van der Waals surface area contributed by atoms with Crippen molar-refractivity contribution < 1.29 is 4.79 Å². The molecule has 0 bridgehead atoms. The molecule has 0 atom stereocenters. The normalized spacial score (nSPS) is 23.6. The average Bonchev–Trinajstić information content (AvgIpc) is 2.27. The van der Waals surface area contributed by atoms with Crippen molar-refractivity contribution in [2.45, 2.75) is 17.7 Å². The smallest absolute Gasteiger partial charge is 0.255 e. The highest BCUT2D eigenvalue weighted by Gasteiger charge is 2.28. The number of nitrogens with zero attached hydrogens (tertiary/aromatic N) is 3. The van der Waals surface area contributed by atoms with Gasteiger partial charge in [0.15, 0.2) is 0 Å². The first kappa shape index (κ1) is 11.5. The number of carbonyl (C=O) groups is 1. The van der Waals surface area contributed by atoms with Crippen LogP contribution in [-0.2, 0) is 0 Å². The van der Waals surface area contributed by atoms with E-state index in [1.54, 1.807) is 17.2 Å². The van der Waals surface area contributed by atoms with Gasteiger partial charge in [0, 0.05) is 18.4 Å². The molecule has 16 heavy (non-hydrogen) atoms. The van der Waals surface area contributed by atoms with Crippen LogP contribution in [0.15, 0.2) is 18.5 Å². The van der Waals surface area contributed by atoms with E-state index in [9.17, 15) is 4.79 Å². The Morgan fingerprint density at radius 1 is 1.56 bits per heavy atom. The first-order valence-electron chi connectivity index (χ1n) is 5.33. The van der Waals surface area contributed by atoms with Crippen molar-refractivity contribution in [1.29, 1.82) is 0 Å². The Kier molecular flexibility index (Phi) is 3.53. The third-order valence-electron chi connectivity index (χ3n) is 2.89. The van der Waals surface area contributed by atoms with Crippen molar-refractivity contribution in [2.24, 2.45) is 5.92 Å². The van der Waals surface area contributed by atoms with Crippen molar-refractivity contribution >= 4 is 21.8 Å². The van der Waals surface area contributed by atoms with Gasteiger partial charge in [-0.2, -0.15) is 10.2 Å². The Morgan fingerprint density at radius 3 is 2.88 bits per heavy atom. The SMILES string of the molecule is CN(CC1CC(Br)C1)C(=O)c1ccnnc1. The Labute approximate surface area is 103 Å². The fourth-order valence-corrected chi connectivity index (χ4v) is 2.97. The van der Waals surface area contributed by atoms with Gasteiger partial charge in [-0.15, -0.1) is 0 Å². The molecule has 1 saturated carbocycles. The Hall–Kier alpha value is -0.970. The standard InChI is InChI=1S/C11H14BrN3O/c1-15(7-8-4-10(12)5-8)11(16)9-2-3-13-14-6-9/h2-3,6,8,10H,4-5,7H2,1H3. The largest absolute Gasteiger partial charge is 0.341 e. The van der Waals surface area contributed by atoms with E-state index in [4.69, 9.17) is 0 Å². The molecule has 2 rings (SSSR count). The molecule has 0 unspecified atom stereocenters. The maximum absolute atomic E-state index is 11.9. The molecule has 1 aromatic heterocycles. The molecule has 0 radical (unpaired) electrons. The van der Waals surface area contributed by atoms with Crippen LogP contribution in [0.2, 0.25) is 0 Å². The summed E-state index contributed by atoms with van der Waals surface area (Å²) in [4.78, 5) is 14.4. The van der Waals surface area contributed by atoms with E-state index < -0.39 is 0 Å². The van der Waals surface area contributed by atoms with E-state index in [1.165, 1.54) is 6.20 Å². The van der Waals surface area contributed by atoms with Gasteiger partial charge >= 0.3 is 0 Å². The molecule has 0 N–H and O–H groups in total. The van der Waals surface area contributed by atoms with E-state index in [2.05, 4.69) is 26.1 Å². The maximum atomic E-state index is 11.9. The molecule has 4 nitrogen and oxygen atoms in total. The second kappa shape index (κ2) is 4.91. The summed E-state index contributed by atoms with van der Waals surface area (Å²) in [5.74, 6) is 0.654. The zero-order valence-electron chi connectivity index (χ0n) is 9.14. The zero-order valence-corrected chi connectivity index (χ0v) is 10.7. The average molecular weight is 284 g/mol. The van der Waals surface area contributed by atoms with Gasteiger partial charge in [0.1, 0.15) is 0 Å². The van der Waals surface area contributed by atoms with E-state index in [0.29, 0.717) is 16.3 Å². The molecule has 1 aliphatic rings. The lowest BCUT2D eigenvalue weighted by Crippen LogP contribution is -2.37. The van der Waals surface area contributed by atoms with Crippen LogP contribution in [0.3, 0.4) is 0 Å². The van der Waals surface area contributed by atoms with Crippen LogP contribution >= 0.6 is 15.9 Å². The molecule has 0 aromatic carbocycles. The minimum Gasteiger partial charge on any atom is -0.341 e. The van der Waals surface area contributed by atoms with E-state index in [-0.39, 0.29) is 5.91 Å². The van der Waals surface area contributed by atoms with Crippen molar-refractivity contribution in [3.8, 4) is 0 Å². The highest BCUT2D eigenvalue weighted by Crippen LogP contribution is 2.33. The molecule has 1 aliphatic carbocycles. The van der Waals surface area contributed by atoms with Crippen LogP contribution in [0, 0.1) is 5.92 Å². The monoisotopic (exact) mass is 283 g/mol. The lowest BCUT2D eigenvalue weighted by Gasteiger charge is -2.34. The van der Waals surface area contributed by atoms with Crippen LogP contribution in [0.25, 0.3) is 0 Å². The van der Waals surface area contributed by atoms with Gasteiger partial charge in [-0.25, -0.2) is 0 Å². The van der Waals surface area contributed by atoms with Gasteiger partial charge in [-0.05, 0) is 24.8 Å². The number of hydrogen-bond acceptors (Lipinski definition) is 3. The Morgan fingerprint density at radius 2 is 2.31 bits per heavy atom. The van der Waals surface area contributed by atoms with Crippen molar-refractivity contribution in [3.05, 3.63) is 24.0 Å². The third-order valence-corrected chi connectivity index (χ3v) is 3.64. The summed E-state index contributed by atoms with van der Waals surface area (Å²) in [5.41, 5.74) is 0.604. The van der Waals surface area contributed by atoms with Crippen molar-refractivity contribution in [2.75, 3.05) is 13.6 Å². The van der Waals surface area contributed by atoms with E-state index in [1.807, 2.05) is 7.05 Å². The van der Waals surface area contributed by atoms with Crippen molar-refractivity contribution in [1.82, 2.24) is 15.1 Å². The Balaban J connectivity index is 1.90. The minimum atomic E-state index is 0.0212. The summed E-state index contributed by atoms with van der Waals surface area (Å²) in [5, 5.41) is 7.37. The van der Waals surface area contributed by atoms with Crippen LogP contribution < -0.4 is 0 Å². The van der Waals surface area contributed by atoms with E-state index in [0.717, 1.165) is 19.4 Å². The van der Waals surface area contributed by atoms with Gasteiger partial charge in [-0.1, -0.05) is 15.9 Å². The van der Waals surface area contributed by atoms with Gasteiger partial charge in [0.05, 0.1) is 18.0 Å². The summed E-state index contributed by atoms with van der Waals surface area (Å²) in [7, 11) is 1.84. The lowest BCUT2D eigenvalue weighted by atomic mass is 9.85. The fraction of sp³-hybridized carbons (Fsp3) is 0.545. The molecular weight excluding hydrogens is 270 g/mol. The molecule has 1 fully saturated rings. The summed E-state index contributed by atoms with van der Waals surface area (Å²) in [6.45, 7) is 0.823. The quantitative estimate of drug-likeness (QED) is 0.794. The molecule has 1 aromatic rings. The second-order valence-corrected chi connectivity index (χ2v) is 5.55. The van der Waals surface area contributed by atoms with Gasteiger partial charge in [-0.3, -0.25) is 4.79 Å². The highest BCUT2D eigenvalue weighted by atomic mass is 79.9. The maximum Gasteiger partial charge on any atom is 0.255 e. The molecule has 1 heterocycles. The summed E-state index contributed by atoms with van der Waals surface area (Å²) < 4.78 is 0. The number of aromatic nitrogens is 2. The minimum absolute atomic E-state index is 0.0212. The number of rotatable bonds is 3. The first-order valence-corrected chi connectivity index (χ1v) is 6.24. The topological polar surface area (TPSA) is 46.1 Å². The van der Waals surface area contributed by atoms with Crippen molar-refractivity contribution in [3.63, 3.8) is 0 Å². The van der Waals surface area contributed by atoms with Gasteiger partial charge in [0.25, 0.3) is 5.91 Å². The first-order chi connectivity index (χ1) is 7.66. The van der Waals surface area contributed by atoms with Crippen LogP contribution in [0.4, 0.5) is 0 Å². The molecule has 5 heteroatoms. The number of carbonyl (C=O) groups excluding carboxylic acids is 1. The lowest BCUT2D eigenvalue weighted by molar-refractivity contribution is 0.0748. The van der Waals surface area contributed by atoms with Gasteiger partial charge in [0.2, 0.25) is 0 Å². The number of amides is 1. The second-order valence-electron chi connectivity index (χ2n) is 4.25. The summed E-state index contributed by atoms with van der Waals surface area (Å²) in [6, 6.07) is 1.69. The summed E-state index contributed by atoms with van der Waals surface area (Å²) >= 11 is 3.55.